The van der Waals surface area contributed by atoms with Crippen LogP contribution in [0.2, 0.25) is 0 Å². The Morgan fingerprint density at radius 1 is 0.464 bits per heavy atom. The van der Waals surface area contributed by atoms with Crippen LogP contribution < -0.4 is 14.7 Å². The molecule has 0 heterocycles. The van der Waals surface area contributed by atoms with Crippen molar-refractivity contribution >= 4 is 7.32 Å². The second kappa shape index (κ2) is 9.37. The standard InChI is InChI=1S/C18H15BO9/c20-13-7-1-4-10-16(13)23-26-19(27-24-17-11-5-2-8-14(17)21)28-25-18-12-6-3-9-15(18)22/h1-12,20-22H. The number of hydrogen-bond acceptors (Lipinski definition) is 9. The second-order valence-electron chi connectivity index (χ2n) is 5.23. The zero-order chi connectivity index (χ0) is 19.8. The Kier molecular flexibility index (Phi) is 6.42. The Bertz CT molecular complexity index is 788. The van der Waals surface area contributed by atoms with Gasteiger partial charge in [0.25, 0.3) is 0 Å². The Morgan fingerprint density at radius 3 is 1.04 bits per heavy atom. The smallest absolute Gasteiger partial charge is 0.504 e. The quantitative estimate of drug-likeness (QED) is 0.290. The molecule has 0 aliphatic rings. The molecular formula is C18H15BO9. The van der Waals surface area contributed by atoms with Gasteiger partial charge < -0.3 is 30.0 Å². The first-order valence-corrected chi connectivity index (χ1v) is 7.97. The third kappa shape index (κ3) is 5.21. The van der Waals surface area contributed by atoms with Gasteiger partial charge in [-0.3, -0.25) is 0 Å². The Balaban J connectivity index is 1.65. The molecule has 3 N–H and O–H groups in total. The van der Waals surface area contributed by atoms with Gasteiger partial charge in [-0.15, -0.1) is 0 Å². The van der Waals surface area contributed by atoms with E-state index in [2.05, 4.69) is 0 Å². The first kappa shape index (κ1) is 19.2. The predicted molar refractivity (Wildman–Crippen MR) is 95.2 cm³/mol. The molecular weight excluding hydrogens is 371 g/mol. The highest BCUT2D eigenvalue weighted by Gasteiger charge is 2.31. The molecule has 0 aliphatic carbocycles. The van der Waals surface area contributed by atoms with Crippen molar-refractivity contribution in [1.82, 2.24) is 0 Å². The number of hydrogen-bond donors (Lipinski definition) is 3. The van der Waals surface area contributed by atoms with E-state index in [4.69, 9.17) is 29.1 Å². The van der Waals surface area contributed by atoms with Gasteiger partial charge in [-0.05, 0) is 36.4 Å². The first-order valence-electron chi connectivity index (χ1n) is 7.97. The Morgan fingerprint density at radius 2 is 0.750 bits per heavy atom. The van der Waals surface area contributed by atoms with Crippen molar-refractivity contribution in [3.05, 3.63) is 72.8 Å². The van der Waals surface area contributed by atoms with E-state index in [0.29, 0.717) is 0 Å². The minimum atomic E-state index is -1.74. The molecule has 3 aromatic rings. The van der Waals surface area contributed by atoms with E-state index in [9.17, 15) is 15.3 Å². The maximum atomic E-state index is 9.70. The molecule has 10 heteroatoms. The molecule has 0 radical (unpaired) electrons. The van der Waals surface area contributed by atoms with Gasteiger partial charge in [-0.2, -0.15) is 14.4 Å². The van der Waals surface area contributed by atoms with Crippen LogP contribution in [0, 0.1) is 0 Å². The normalized spacial score (nSPS) is 10.3. The molecule has 0 unspecified atom stereocenters. The summed E-state index contributed by atoms with van der Waals surface area (Å²) in [5, 5.41) is 29.1. The predicted octanol–water partition coefficient (Wildman–Crippen LogP) is 3.12. The number of para-hydroxylation sites is 6. The molecule has 0 aliphatic heterocycles. The van der Waals surface area contributed by atoms with E-state index in [0.717, 1.165) is 0 Å². The van der Waals surface area contributed by atoms with Gasteiger partial charge in [0.1, 0.15) is 0 Å². The van der Waals surface area contributed by atoms with Crippen LogP contribution in [0.5, 0.6) is 34.5 Å². The molecule has 3 rings (SSSR count). The van der Waals surface area contributed by atoms with Gasteiger partial charge in [-0.1, -0.05) is 36.4 Å². The van der Waals surface area contributed by atoms with Crippen LogP contribution >= 0.6 is 0 Å². The fraction of sp³-hybridized carbons (Fsp3) is 0. The van der Waals surface area contributed by atoms with Crippen LogP contribution in [-0.4, -0.2) is 22.6 Å². The summed E-state index contributed by atoms with van der Waals surface area (Å²) < 4.78 is 0. The van der Waals surface area contributed by atoms with Gasteiger partial charge in [0, 0.05) is 0 Å². The molecule has 144 valence electrons. The Hall–Kier alpha value is -3.60. The summed E-state index contributed by atoms with van der Waals surface area (Å²) in [5.74, 6) is -0.641. The van der Waals surface area contributed by atoms with E-state index in [1.54, 1.807) is 36.4 Å². The Labute approximate surface area is 159 Å². The lowest BCUT2D eigenvalue weighted by Crippen LogP contribution is -2.31. The van der Waals surface area contributed by atoms with Gasteiger partial charge in [-0.25, -0.2) is 0 Å². The average Bonchev–Trinajstić information content (AvgIpc) is 2.71. The van der Waals surface area contributed by atoms with Crippen molar-refractivity contribution in [2.45, 2.75) is 0 Å². The summed E-state index contributed by atoms with van der Waals surface area (Å²) in [5.41, 5.74) is 0. The van der Waals surface area contributed by atoms with E-state index in [-0.39, 0.29) is 34.5 Å². The molecule has 0 saturated heterocycles. The largest absolute Gasteiger partial charge is 0.754 e. The van der Waals surface area contributed by atoms with Crippen molar-refractivity contribution in [2.24, 2.45) is 0 Å². The summed E-state index contributed by atoms with van der Waals surface area (Å²) in [4.78, 5) is 29.6. The summed E-state index contributed by atoms with van der Waals surface area (Å²) in [7, 11) is -1.74. The average molecular weight is 386 g/mol. The summed E-state index contributed by atoms with van der Waals surface area (Å²) in [6.07, 6.45) is 0. The summed E-state index contributed by atoms with van der Waals surface area (Å²) >= 11 is 0. The van der Waals surface area contributed by atoms with Gasteiger partial charge in [0.05, 0.1) is 0 Å². The lowest BCUT2D eigenvalue weighted by molar-refractivity contribution is -0.263. The fourth-order valence-electron chi connectivity index (χ4n) is 1.90. The van der Waals surface area contributed by atoms with Crippen molar-refractivity contribution in [3.63, 3.8) is 0 Å². The monoisotopic (exact) mass is 386 g/mol. The van der Waals surface area contributed by atoms with Crippen molar-refractivity contribution in [2.75, 3.05) is 0 Å². The van der Waals surface area contributed by atoms with E-state index in [1.165, 1.54) is 36.4 Å². The summed E-state index contributed by atoms with van der Waals surface area (Å²) in [6.45, 7) is 0. The molecule has 0 fully saturated rings. The molecule has 0 spiro atoms. The number of aromatic hydroxyl groups is 3. The highest BCUT2D eigenvalue weighted by atomic mass is 17.3. The third-order valence-electron chi connectivity index (χ3n) is 3.25. The first-order chi connectivity index (χ1) is 13.6. The summed E-state index contributed by atoms with van der Waals surface area (Å²) in [6, 6.07) is 18.0. The topological polar surface area (TPSA) is 116 Å². The van der Waals surface area contributed by atoms with Gasteiger partial charge in [0.15, 0.2) is 17.2 Å². The van der Waals surface area contributed by atoms with Crippen LogP contribution in [0.4, 0.5) is 0 Å². The van der Waals surface area contributed by atoms with Crippen molar-refractivity contribution in [1.29, 1.82) is 0 Å². The second-order valence-corrected chi connectivity index (χ2v) is 5.23. The number of phenols is 3. The number of rotatable bonds is 9. The molecule has 3 aromatic carbocycles. The van der Waals surface area contributed by atoms with E-state index < -0.39 is 7.32 Å². The maximum absolute atomic E-state index is 9.70. The minimum absolute atomic E-state index is 0.0233. The van der Waals surface area contributed by atoms with Crippen molar-refractivity contribution in [3.8, 4) is 34.5 Å². The van der Waals surface area contributed by atoms with Gasteiger partial charge >= 0.3 is 7.32 Å². The molecule has 28 heavy (non-hydrogen) atoms. The zero-order valence-electron chi connectivity index (χ0n) is 14.3. The van der Waals surface area contributed by atoms with Crippen LogP contribution in [-0.2, 0) is 14.4 Å². The maximum Gasteiger partial charge on any atom is 0.754 e. The SMILES string of the molecule is Oc1ccccc1OOB(OOc1ccccc1O)OOc1ccccc1O. The fourth-order valence-corrected chi connectivity index (χ4v) is 1.90. The lowest BCUT2D eigenvalue weighted by Gasteiger charge is -2.14. The minimum Gasteiger partial charge on any atom is -0.504 e. The van der Waals surface area contributed by atoms with Crippen molar-refractivity contribution < 1.29 is 44.4 Å². The highest BCUT2D eigenvalue weighted by Crippen LogP contribution is 2.28. The molecule has 0 bridgehead atoms. The van der Waals surface area contributed by atoms with Gasteiger partial charge in [0.2, 0.25) is 17.2 Å². The lowest BCUT2D eigenvalue weighted by atomic mass is 10.3. The van der Waals surface area contributed by atoms with E-state index in [1.807, 2.05) is 0 Å². The molecule has 0 amide bonds. The van der Waals surface area contributed by atoms with Crippen LogP contribution in [0.1, 0.15) is 0 Å². The highest BCUT2D eigenvalue weighted by molar-refractivity contribution is 6.35. The number of phenolic OH excluding ortho intramolecular Hbond substituents is 3. The van der Waals surface area contributed by atoms with Crippen LogP contribution in [0.15, 0.2) is 72.8 Å². The molecule has 0 saturated carbocycles. The van der Waals surface area contributed by atoms with Crippen LogP contribution in [0.3, 0.4) is 0 Å². The molecule has 9 nitrogen and oxygen atoms in total. The van der Waals surface area contributed by atoms with Crippen LogP contribution in [0.25, 0.3) is 0 Å². The zero-order valence-corrected chi connectivity index (χ0v) is 14.3. The molecule has 0 aromatic heterocycles. The van der Waals surface area contributed by atoms with E-state index >= 15 is 0 Å². The molecule has 0 atom stereocenters. The third-order valence-corrected chi connectivity index (χ3v) is 3.25. The number of benzene rings is 3.